The summed E-state index contributed by atoms with van der Waals surface area (Å²) in [6.07, 6.45) is 3.94. The van der Waals surface area contributed by atoms with Gasteiger partial charge in [-0.1, -0.05) is 48.5 Å². The number of carbonyl (C=O) groups is 1. The Balaban J connectivity index is 1.76. The number of para-hydroxylation sites is 1. The summed E-state index contributed by atoms with van der Waals surface area (Å²) < 4.78 is 0. The molecule has 0 aliphatic heterocycles. The van der Waals surface area contributed by atoms with Crippen LogP contribution >= 0.6 is 11.8 Å². The van der Waals surface area contributed by atoms with Crippen molar-refractivity contribution in [2.24, 2.45) is 0 Å². The fourth-order valence-electron chi connectivity index (χ4n) is 2.56. The zero-order valence-corrected chi connectivity index (χ0v) is 15.6. The molecule has 0 saturated carbocycles. The lowest BCUT2D eigenvalue weighted by atomic mass is 10.1. The summed E-state index contributed by atoms with van der Waals surface area (Å²) in [5.41, 5.74) is 2.21. The second-order valence-corrected chi connectivity index (χ2v) is 7.03. The molecular formula is C21H26N2OS. The molecule has 1 N–H and O–H groups in total. The molecule has 0 bridgehead atoms. The average Bonchev–Trinajstić information content (AvgIpc) is 2.62. The van der Waals surface area contributed by atoms with Crippen molar-refractivity contribution in [1.29, 1.82) is 0 Å². The van der Waals surface area contributed by atoms with Gasteiger partial charge in [0, 0.05) is 10.6 Å². The number of likely N-dealkylation sites (N-methyl/N-ethyl adjacent to an activating group) is 1. The van der Waals surface area contributed by atoms with Crippen molar-refractivity contribution in [3.8, 4) is 0 Å². The molecule has 0 aliphatic rings. The zero-order chi connectivity index (χ0) is 17.9. The summed E-state index contributed by atoms with van der Waals surface area (Å²) in [6, 6.07) is 18.3. The number of anilines is 1. The number of nitrogens with one attached hydrogen (secondary N) is 1. The van der Waals surface area contributed by atoms with Crippen LogP contribution in [0.5, 0.6) is 0 Å². The van der Waals surface area contributed by atoms with Crippen LogP contribution in [0.1, 0.15) is 12.0 Å². The first-order valence-corrected chi connectivity index (χ1v) is 9.52. The molecule has 0 aliphatic carbocycles. The third-order valence-corrected chi connectivity index (χ3v) is 4.85. The molecule has 0 atom stereocenters. The quantitative estimate of drug-likeness (QED) is 0.505. The van der Waals surface area contributed by atoms with Gasteiger partial charge in [0.05, 0.1) is 12.2 Å². The minimum atomic E-state index is 0.0221. The van der Waals surface area contributed by atoms with Crippen LogP contribution in [-0.4, -0.2) is 36.7 Å². The number of amides is 1. The van der Waals surface area contributed by atoms with Gasteiger partial charge in [-0.15, -0.1) is 18.3 Å². The smallest absolute Gasteiger partial charge is 0.238 e. The van der Waals surface area contributed by atoms with Crippen molar-refractivity contribution in [1.82, 2.24) is 4.90 Å². The first-order chi connectivity index (χ1) is 12.2. The molecule has 2 rings (SSSR count). The van der Waals surface area contributed by atoms with Crippen molar-refractivity contribution >= 4 is 23.4 Å². The number of carbonyl (C=O) groups excluding carboxylic acids is 1. The van der Waals surface area contributed by atoms with E-state index in [0.29, 0.717) is 6.54 Å². The topological polar surface area (TPSA) is 32.3 Å². The molecule has 2 aromatic carbocycles. The van der Waals surface area contributed by atoms with Gasteiger partial charge in [0.25, 0.3) is 0 Å². The van der Waals surface area contributed by atoms with Gasteiger partial charge in [0.15, 0.2) is 0 Å². The molecule has 2 aromatic rings. The maximum Gasteiger partial charge on any atom is 0.238 e. The van der Waals surface area contributed by atoms with Gasteiger partial charge in [-0.3, -0.25) is 9.69 Å². The first-order valence-electron chi connectivity index (χ1n) is 8.54. The van der Waals surface area contributed by atoms with Gasteiger partial charge in [-0.05, 0) is 44.1 Å². The summed E-state index contributed by atoms with van der Waals surface area (Å²) in [7, 11) is 1.99. The number of hydrogen-bond acceptors (Lipinski definition) is 3. The normalized spacial score (nSPS) is 10.6. The predicted molar refractivity (Wildman–Crippen MR) is 108 cm³/mol. The summed E-state index contributed by atoms with van der Waals surface area (Å²) in [5, 5.41) is 3.02. The van der Waals surface area contributed by atoms with E-state index in [1.165, 1.54) is 5.56 Å². The Morgan fingerprint density at radius 3 is 2.64 bits per heavy atom. The average molecular weight is 355 g/mol. The van der Waals surface area contributed by atoms with Crippen LogP contribution in [-0.2, 0) is 11.2 Å². The minimum Gasteiger partial charge on any atom is -0.324 e. The van der Waals surface area contributed by atoms with E-state index < -0.39 is 0 Å². The Bertz CT molecular complexity index is 673. The van der Waals surface area contributed by atoms with Gasteiger partial charge >= 0.3 is 0 Å². The first kappa shape index (κ1) is 19.3. The summed E-state index contributed by atoms with van der Waals surface area (Å²) in [5.74, 6) is 0.848. The van der Waals surface area contributed by atoms with E-state index >= 15 is 0 Å². The van der Waals surface area contributed by atoms with E-state index in [2.05, 4.69) is 41.1 Å². The van der Waals surface area contributed by atoms with E-state index in [1.807, 2.05) is 43.5 Å². The van der Waals surface area contributed by atoms with Crippen molar-refractivity contribution in [2.45, 2.75) is 17.7 Å². The Morgan fingerprint density at radius 1 is 1.16 bits per heavy atom. The summed E-state index contributed by atoms with van der Waals surface area (Å²) in [4.78, 5) is 15.4. The van der Waals surface area contributed by atoms with Crippen molar-refractivity contribution in [3.63, 3.8) is 0 Å². The lowest BCUT2D eigenvalue weighted by Crippen LogP contribution is -2.31. The maximum absolute atomic E-state index is 12.3. The highest BCUT2D eigenvalue weighted by Crippen LogP contribution is 2.26. The SMILES string of the molecule is C=CCSc1ccccc1NC(=O)CN(C)CCCc1ccccc1. The summed E-state index contributed by atoms with van der Waals surface area (Å²) >= 11 is 1.67. The Kier molecular flexibility index (Phi) is 8.29. The lowest BCUT2D eigenvalue weighted by Gasteiger charge is -2.17. The second-order valence-electron chi connectivity index (χ2n) is 5.97. The van der Waals surface area contributed by atoms with Crippen LogP contribution < -0.4 is 5.32 Å². The number of hydrogen-bond donors (Lipinski definition) is 1. The number of nitrogens with zero attached hydrogens (tertiary/aromatic N) is 1. The predicted octanol–water partition coefficient (Wildman–Crippen LogP) is 4.47. The highest BCUT2D eigenvalue weighted by Gasteiger charge is 2.09. The van der Waals surface area contributed by atoms with Crippen LogP contribution in [0, 0.1) is 0 Å². The number of aryl methyl sites for hydroxylation is 1. The zero-order valence-electron chi connectivity index (χ0n) is 14.8. The number of rotatable bonds is 10. The van der Waals surface area contributed by atoms with Gasteiger partial charge in [0.2, 0.25) is 5.91 Å². The molecular weight excluding hydrogens is 328 g/mol. The maximum atomic E-state index is 12.3. The fraction of sp³-hybridized carbons (Fsp3) is 0.286. The molecule has 0 radical (unpaired) electrons. The lowest BCUT2D eigenvalue weighted by molar-refractivity contribution is -0.117. The Hall–Kier alpha value is -2.04. The standard InChI is InChI=1S/C21H26N2OS/c1-3-16-25-20-14-8-7-13-19(20)22-21(24)17-23(2)15-9-12-18-10-5-4-6-11-18/h3-8,10-11,13-14H,1,9,12,15-17H2,2H3,(H,22,24). The van der Waals surface area contributed by atoms with Gasteiger partial charge in [0.1, 0.15) is 0 Å². The third-order valence-electron chi connectivity index (χ3n) is 3.78. The van der Waals surface area contributed by atoms with Crippen LogP contribution in [0.3, 0.4) is 0 Å². The molecule has 25 heavy (non-hydrogen) atoms. The van der Waals surface area contributed by atoms with Crippen LogP contribution in [0.15, 0.2) is 72.1 Å². The number of thioether (sulfide) groups is 1. The van der Waals surface area contributed by atoms with Crippen LogP contribution in [0.25, 0.3) is 0 Å². The monoisotopic (exact) mass is 354 g/mol. The molecule has 0 aromatic heterocycles. The molecule has 0 fully saturated rings. The van der Waals surface area contributed by atoms with E-state index in [4.69, 9.17) is 0 Å². The summed E-state index contributed by atoms with van der Waals surface area (Å²) in [6.45, 7) is 5.04. The van der Waals surface area contributed by atoms with Gasteiger partial charge in [-0.2, -0.15) is 0 Å². The molecule has 0 saturated heterocycles. The number of benzene rings is 2. The Labute approximate surface area is 155 Å². The highest BCUT2D eigenvalue weighted by molar-refractivity contribution is 7.99. The van der Waals surface area contributed by atoms with Crippen molar-refractivity contribution in [2.75, 3.05) is 31.2 Å². The van der Waals surface area contributed by atoms with E-state index in [9.17, 15) is 4.79 Å². The largest absolute Gasteiger partial charge is 0.324 e. The van der Waals surface area contributed by atoms with Crippen molar-refractivity contribution in [3.05, 3.63) is 72.8 Å². The third kappa shape index (κ3) is 7.16. The molecule has 132 valence electrons. The van der Waals surface area contributed by atoms with E-state index in [1.54, 1.807) is 11.8 Å². The molecule has 0 spiro atoms. The molecule has 0 unspecified atom stereocenters. The van der Waals surface area contributed by atoms with Gasteiger partial charge in [-0.25, -0.2) is 0 Å². The van der Waals surface area contributed by atoms with Crippen molar-refractivity contribution < 1.29 is 4.79 Å². The fourth-order valence-corrected chi connectivity index (χ4v) is 3.30. The van der Waals surface area contributed by atoms with E-state index in [0.717, 1.165) is 35.7 Å². The minimum absolute atomic E-state index is 0.0221. The van der Waals surface area contributed by atoms with Crippen LogP contribution in [0.2, 0.25) is 0 Å². The van der Waals surface area contributed by atoms with Crippen LogP contribution in [0.4, 0.5) is 5.69 Å². The molecule has 3 nitrogen and oxygen atoms in total. The highest BCUT2D eigenvalue weighted by atomic mass is 32.2. The van der Waals surface area contributed by atoms with E-state index in [-0.39, 0.29) is 5.91 Å². The van der Waals surface area contributed by atoms with Gasteiger partial charge < -0.3 is 5.32 Å². The molecule has 0 heterocycles. The molecule has 4 heteroatoms. The molecule has 1 amide bonds. The second kappa shape index (κ2) is 10.7. The Morgan fingerprint density at radius 2 is 1.88 bits per heavy atom.